The standard InChI is InChI=1S/C17H21Cl2NO2/c1-3-14(21)16-11(9-4-5-12(18)13(19)6-9)7-10-8-15(22)17(16)20(10)2/h4-6,10-11,15-17,22H,3,7-8H2,1-2H3/t10?,11-,15?,16-,17+/m1/s1. The van der Waals surface area contributed by atoms with Crippen molar-refractivity contribution in [2.45, 2.75) is 50.3 Å². The molecule has 0 aliphatic carbocycles. The van der Waals surface area contributed by atoms with E-state index in [4.69, 9.17) is 23.2 Å². The Labute approximate surface area is 141 Å². The first-order valence-electron chi connectivity index (χ1n) is 7.81. The zero-order chi connectivity index (χ0) is 16.0. The summed E-state index contributed by atoms with van der Waals surface area (Å²) in [7, 11) is 2.02. The molecule has 0 aromatic heterocycles. The summed E-state index contributed by atoms with van der Waals surface area (Å²) >= 11 is 12.2. The van der Waals surface area contributed by atoms with Gasteiger partial charge in [-0.25, -0.2) is 0 Å². The van der Waals surface area contributed by atoms with Crippen LogP contribution in [0.25, 0.3) is 0 Å². The third-order valence-corrected chi connectivity index (χ3v) is 6.11. The molecule has 0 saturated carbocycles. The van der Waals surface area contributed by atoms with Crippen molar-refractivity contribution in [2.24, 2.45) is 5.92 Å². The van der Waals surface area contributed by atoms with E-state index in [2.05, 4.69) is 4.90 Å². The number of Topliss-reactive ketones (excluding diaryl/α,β-unsaturated/α-hetero) is 1. The number of aliphatic hydroxyl groups excluding tert-OH is 1. The number of ketones is 1. The molecule has 5 heteroatoms. The Morgan fingerprint density at radius 1 is 1.32 bits per heavy atom. The first-order chi connectivity index (χ1) is 10.4. The van der Waals surface area contributed by atoms with Crippen molar-refractivity contribution in [3.63, 3.8) is 0 Å². The summed E-state index contributed by atoms with van der Waals surface area (Å²) in [5.41, 5.74) is 1.05. The van der Waals surface area contributed by atoms with Gasteiger partial charge in [0.25, 0.3) is 0 Å². The molecule has 2 saturated heterocycles. The van der Waals surface area contributed by atoms with Crippen LogP contribution < -0.4 is 0 Å². The fourth-order valence-electron chi connectivity index (χ4n) is 4.27. The summed E-state index contributed by atoms with van der Waals surface area (Å²) in [5.74, 6) is 0.138. The molecular formula is C17H21Cl2NO2. The SMILES string of the molecule is CCC(=O)[C@H]1[C@@H](c2ccc(Cl)c(Cl)c2)CC2CC(O)[C@@H]1N2C. The number of halogens is 2. The number of likely N-dealkylation sites (N-methyl/N-ethyl adjacent to an activating group) is 1. The highest BCUT2D eigenvalue weighted by Crippen LogP contribution is 2.47. The summed E-state index contributed by atoms with van der Waals surface area (Å²) in [4.78, 5) is 14.8. The normalized spacial score (nSPS) is 34.9. The Hall–Kier alpha value is -0.610. The van der Waals surface area contributed by atoms with Gasteiger partial charge in [0.1, 0.15) is 5.78 Å². The minimum Gasteiger partial charge on any atom is -0.391 e. The quantitative estimate of drug-likeness (QED) is 0.914. The molecule has 120 valence electrons. The Morgan fingerprint density at radius 3 is 2.68 bits per heavy atom. The molecule has 2 unspecified atom stereocenters. The predicted molar refractivity (Wildman–Crippen MR) is 88.6 cm³/mol. The maximum absolute atomic E-state index is 12.6. The molecule has 1 aromatic rings. The van der Waals surface area contributed by atoms with E-state index >= 15 is 0 Å². The first kappa shape index (κ1) is 16.3. The topological polar surface area (TPSA) is 40.5 Å². The minimum absolute atomic E-state index is 0.0920. The number of benzene rings is 1. The lowest BCUT2D eigenvalue weighted by Gasteiger charge is -2.43. The van der Waals surface area contributed by atoms with Crippen molar-refractivity contribution in [1.82, 2.24) is 4.90 Å². The molecule has 0 radical (unpaired) electrons. The zero-order valence-electron chi connectivity index (χ0n) is 12.8. The molecule has 2 fully saturated rings. The molecule has 1 aromatic carbocycles. The maximum atomic E-state index is 12.6. The van der Waals surface area contributed by atoms with E-state index in [1.165, 1.54) is 0 Å². The average Bonchev–Trinajstić information content (AvgIpc) is 2.68. The van der Waals surface area contributed by atoms with Gasteiger partial charge in [0, 0.05) is 24.4 Å². The van der Waals surface area contributed by atoms with Crippen LogP contribution in [0.3, 0.4) is 0 Å². The van der Waals surface area contributed by atoms with Gasteiger partial charge in [-0.05, 0) is 43.5 Å². The molecular weight excluding hydrogens is 321 g/mol. The number of aliphatic hydroxyl groups is 1. The average molecular weight is 342 g/mol. The van der Waals surface area contributed by atoms with Gasteiger partial charge in [0.05, 0.1) is 16.1 Å². The lowest BCUT2D eigenvalue weighted by atomic mass is 9.73. The van der Waals surface area contributed by atoms with Crippen LogP contribution in [0.2, 0.25) is 10.0 Å². The van der Waals surface area contributed by atoms with Gasteiger partial charge >= 0.3 is 0 Å². The summed E-state index contributed by atoms with van der Waals surface area (Å²) in [6.45, 7) is 1.89. The van der Waals surface area contributed by atoms with Crippen LogP contribution in [0.15, 0.2) is 18.2 Å². The summed E-state index contributed by atoms with van der Waals surface area (Å²) < 4.78 is 0. The fraction of sp³-hybridized carbons (Fsp3) is 0.588. The lowest BCUT2D eigenvalue weighted by molar-refractivity contribution is -0.128. The third kappa shape index (κ3) is 2.58. The molecule has 2 aliphatic rings. The second-order valence-electron chi connectivity index (χ2n) is 6.47. The molecule has 2 aliphatic heterocycles. The number of hydrogen-bond donors (Lipinski definition) is 1. The van der Waals surface area contributed by atoms with E-state index in [1.807, 2.05) is 26.1 Å². The molecule has 1 N–H and O–H groups in total. The summed E-state index contributed by atoms with van der Waals surface area (Å²) in [6.07, 6.45) is 1.68. The Morgan fingerprint density at radius 2 is 2.05 bits per heavy atom. The van der Waals surface area contributed by atoms with Gasteiger partial charge in [-0.15, -0.1) is 0 Å². The van der Waals surface area contributed by atoms with Gasteiger partial charge in [-0.1, -0.05) is 36.2 Å². The van der Waals surface area contributed by atoms with Crippen LogP contribution in [0.5, 0.6) is 0 Å². The number of nitrogens with zero attached hydrogens (tertiary/aromatic N) is 1. The second kappa shape index (κ2) is 6.12. The third-order valence-electron chi connectivity index (χ3n) is 5.37. The van der Waals surface area contributed by atoms with Crippen LogP contribution in [0, 0.1) is 5.92 Å². The van der Waals surface area contributed by atoms with Gasteiger partial charge in [0.2, 0.25) is 0 Å². The highest BCUT2D eigenvalue weighted by atomic mass is 35.5. The minimum atomic E-state index is -0.428. The fourth-order valence-corrected chi connectivity index (χ4v) is 4.58. The predicted octanol–water partition coefficient (Wildman–Crippen LogP) is 3.51. The Kier molecular flexibility index (Phi) is 4.52. The summed E-state index contributed by atoms with van der Waals surface area (Å²) in [5, 5.41) is 11.5. The second-order valence-corrected chi connectivity index (χ2v) is 7.29. The molecule has 0 spiro atoms. The van der Waals surface area contributed by atoms with E-state index < -0.39 is 6.10 Å². The van der Waals surface area contributed by atoms with Crippen molar-refractivity contribution in [2.75, 3.05) is 7.05 Å². The smallest absolute Gasteiger partial charge is 0.137 e. The number of piperidine rings is 1. The van der Waals surface area contributed by atoms with Crippen LogP contribution >= 0.6 is 23.2 Å². The number of fused-ring (bicyclic) bond motifs is 2. The highest BCUT2D eigenvalue weighted by Gasteiger charge is 2.52. The molecule has 2 heterocycles. The molecule has 2 bridgehead atoms. The van der Waals surface area contributed by atoms with Gasteiger partial charge < -0.3 is 5.11 Å². The van der Waals surface area contributed by atoms with E-state index in [9.17, 15) is 9.90 Å². The van der Waals surface area contributed by atoms with Crippen molar-refractivity contribution < 1.29 is 9.90 Å². The molecule has 22 heavy (non-hydrogen) atoms. The molecule has 0 amide bonds. The lowest BCUT2D eigenvalue weighted by Crippen LogP contribution is -2.51. The zero-order valence-corrected chi connectivity index (χ0v) is 14.3. The first-order valence-corrected chi connectivity index (χ1v) is 8.57. The molecule has 3 rings (SSSR count). The largest absolute Gasteiger partial charge is 0.391 e. The van der Waals surface area contributed by atoms with Crippen LogP contribution in [-0.4, -0.2) is 41.0 Å². The van der Waals surface area contributed by atoms with Crippen LogP contribution in [0.4, 0.5) is 0 Å². The van der Waals surface area contributed by atoms with Crippen molar-refractivity contribution >= 4 is 29.0 Å². The number of hydrogen-bond acceptors (Lipinski definition) is 3. The van der Waals surface area contributed by atoms with Gasteiger partial charge in [-0.2, -0.15) is 0 Å². The molecule has 5 atom stereocenters. The van der Waals surface area contributed by atoms with Gasteiger partial charge in [0.15, 0.2) is 0 Å². The van der Waals surface area contributed by atoms with E-state index in [0.29, 0.717) is 22.5 Å². The summed E-state index contributed by atoms with van der Waals surface area (Å²) in [6, 6.07) is 5.86. The van der Waals surface area contributed by atoms with Crippen molar-refractivity contribution in [3.8, 4) is 0 Å². The number of rotatable bonds is 3. The van der Waals surface area contributed by atoms with Crippen LogP contribution in [-0.2, 0) is 4.79 Å². The van der Waals surface area contributed by atoms with Crippen molar-refractivity contribution in [3.05, 3.63) is 33.8 Å². The van der Waals surface area contributed by atoms with E-state index in [1.54, 1.807) is 6.07 Å². The highest BCUT2D eigenvalue weighted by molar-refractivity contribution is 6.42. The van der Waals surface area contributed by atoms with E-state index in [0.717, 1.165) is 18.4 Å². The van der Waals surface area contributed by atoms with E-state index in [-0.39, 0.29) is 23.7 Å². The maximum Gasteiger partial charge on any atom is 0.137 e. The van der Waals surface area contributed by atoms with Gasteiger partial charge in [-0.3, -0.25) is 9.69 Å². The molecule has 3 nitrogen and oxygen atoms in total. The number of carbonyl (C=O) groups excluding carboxylic acids is 1. The monoisotopic (exact) mass is 341 g/mol. The number of carbonyl (C=O) groups is 1. The Bertz CT molecular complexity index is 592. The Balaban J connectivity index is 2.01. The van der Waals surface area contributed by atoms with Crippen LogP contribution in [0.1, 0.15) is 37.7 Å². The van der Waals surface area contributed by atoms with Crippen molar-refractivity contribution in [1.29, 1.82) is 0 Å².